The van der Waals surface area contributed by atoms with Crippen LogP contribution in [0.25, 0.3) is 21.9 Å². The van der Waals surface area contributed by atoms with Gasteiger partial charge in [0.1, 0.15) is 11.2 Å². The Balaban J connectivity index is 2.08. The average Bonchev–Trinajstić information content (AvgIpc) is 2.91. The zero-order chi connectivity index (χ0) is 23.0. The van der Waals surface area contributed by atoms with Gasteiger partial charge >= 0.3 is 0 Å². The molecule has 0 fully saturated rings. The topological polar surface area (TPSA) is 13.1 Å². The molecule has 0 bridgehead atoms. The number of hydrogen-bond donors (Lipinski definition) is 0. The van der Waals surface area contributed by atoms with E-state index in [9.17, 15) is 0 Å². The summed E-state index contributed by atoms with van der Waals surface area (Å²) in [5, 5.41) is 6.75. The molecule has 1 nitrogen and oxygen atoms in total. The van der Waals surface area contributed by atoms with Crippen molar-refractivity contribution >= 4 is 56.3 Å². The molecule has 6 aromatic rings. The largest absolute Gasteiger partial charge is 0.456 e. The van der Waals surface area contributed by atoms with Crippen LogP contribution in [-0.2, 0) is 0 Å². The summed E-state index contributed by atoms with van der Waals surface area (Å²) in [6.45, 7) is -2.34. The van der Waals surface area contributed by atoms with Gasteiger partial charge in [-0.15, -0.1) is 0 Å². The molecule has 0 amide bonds. The molecule has 6 rings (SSSR count). The molecule has 1 aromatic heterocycles. The van der Waals surface area contributed by atoms with E-state index in [1.807, 2.05) is 18.2 Å². The van der Waals surface area contributed by atoms with Gasteiger partial charge in [-0.2, -0.15) is 0 Å². The molecular weight excluding hydrogens is 455 g/mol. The summed E-state index contributed by atoms with van der Waals surface area (Å²) in [5.74, 6) is 0. The molecule has 0 aliphatic heterocycles. The summed E-state index contributed by atoms with van der Waals surface area (Å²) < 4.78 is 6.40. The number of rotatable bonds is 3. The Morgan fingerprint density at radius 2 is 0.941 bits per heavy atom. The lowest BCUT2D eigenvalue weighted by Crippen LogP contribution is -2.26. The Kier molecular flexibility index (Phi) is 5.38. The van der Waals surface area contributed by atoms with Gasteiger partial charge in [0.05, 0.1) is 0 Å². The second-order valence-corrected chi connectivity index (χ2v) is 12.0. The maximum Gasteiger partial charge on any atom is 0.135 e. The highest BCUT2D eigenvalue weighted by molar-refractivity contribution is 7.89. The van der Waals surface area contributed by atoms with Crippen LogP contribution < -0.4 is 15.9 Å². The normalized spacial score (nSPS) is 11.7. The second kappa shape index (κ2) is 8.69. The van der Waals surface area contributed by atoms with E-state index >= 15 is 0 Å². The molecule has 0 saturated carbocycles. The van der Waals surface area contributed by atoms with Gasteiger partial charge in [-0.25, -0.2) is 0 Å². The fourth-order valence-corrected chi connectivity index (χ4v) is 9.72. The fourth-order valence-electron chi connectivity index (χ4n) is 4.94. The van der Waals surface area contributed by atoms with Crippen molar-refractivity contribution in [1.82, 2.24) is 0 Å². The van der Waals surface area contributed by atoms with Gasteiger partial charge in [0.15, 0.2) is 0 Å². The van der Waals surface area contributed by atoms with Crippen molar-refractivity contribution in [2.24, 2.45) is 0 Å². The van der Waals surface area contributed by atoms with Crippen LogP contribution in [0.4, 0.5) is 0 Å². The van der Waals surface area contributed by atoms with Crippen molar-refractivity contribution < 1.29 is 4.42 Å². The maximum absolute atomic E-state index is 6.60. The highest BCUT2D eigenvalue weighted by atomic mass is 35.5. The first-order chi connectivity index (χ1) is 16.8. The molecule has 0 atom stereocenters. The molecule has 3 heteroatoms. The predicted octanol–water partition coefficient (Wildman–Crippen LogP) is 7.77. The van der Waals surface area contributed by atoms with Crippen molar-refractivity contribution in [2.75, 3.05) is 0 Å². The number of benzene rings is 5. The summed E-state index contributed by atoms with van der Waals surface area (Å²) >= 11 is 6.60. The Bertz CT molecular complexity index is 1600. The number of para-hydroxylation sites is 1. The monoisotopic (exact) mass is 476 g/mol. The summed E-state index contributed by atoms with van der Waals surface area (Å²) in [6.07, 6.45) is 0. The van der Waals surface area contributed by atoms with Crippen LogP contribution >= 0.6 is 18.5 Å². The average molecular weight is 477 g/mol. The molecule has 0 aliphatic rings. The van der Waals surface area contributed by atoms with Crippen molar-refractivity contribution in [3.63, 3.8) is 0 Å². The van der Waals surface area contributed by atoms with E-state index in [-0.39, 0.29) is 0 Å². The summed E-state index contributed by atoms with van der Waals surface area (Å²) in [6, 6.07) is 47.0. The third-order valence-electron chi connectivity index (χ3n) is 6.32. The van der Waals surface area contributed by atoms with Crippen LogP contribution in [0.5, 0.6) is 0 Å². The van der Waals surface area contributed by atoms with Crippen LogP contribution in [0.3, 0.4) is 0 Å². The van der Waals surface area contributed by atoms with E-state index in [4.69, 9.17) is 16.0 Å². The molecule has 0 unspecified atom stereocenters. The molecule has 0 spiro atoms. The minimum atomic E-state index is -2.34. The van der Waals surface area contributed by atoms with Crippen molar-refractivity contribution in [3.05, 3.63) is 143 Å². The molecule has 5 aromatic carbocycles. The lowest BCUT2D eigenvalue weighted by molar-refractivity contribution is 0.660. The van der Waals surface area contributed by atoms with E-state index in [1.165, 1.54) is 20.9 Å². The van der Waals surface area contributed by atoms with Gasteiger partial charge < -0.3 is 4.42 Å². The molecular formula is C31H22ClOP. The van der Waals surface area contributed by atoms with E-state index in [1.54, 1.807) is 0 Å². The van der Waals surface area contributed by atoms with Crippen LogP contribution in [0, 0.1) is 4.94 Å². The second-order valence-electron chi connectivity index (χ2n) is 8.26. The van der Waals surface area contributed by atoms with E-state index < -0.39 is 6.89 Å². The minimum absolute atomic E-state index is 0.700. The Hall–Kier alpha value is -3.51. The zero-order valence-electron chi connectivity index (χ0n) is 18.4. The summed E-state index contributed by atoms with van der Waals surface area (Å²) in [4.78, 5) is 1.27. The molecule has 0 N–H and O–H groups in total. The zero-order valence-corrected chi connectivity index (χ0v) is 20.1. The number of halogens is 1. The fraction of sp³-hybridized carbons (Fsp3) is 0. The number of hydrogen-bond acceptors (Lipinski definition) is 1. The third-order valence-corrected chi connectivity index (χ3v) is 10.9. The smallest absolute Gasteiger partial charge is 0.135 e. The minimum Gasteiger partial charge on any atom is -0.456 e. The Morgan fingerprint density at radius 1 is 0.471 bits per heavy atom. The summed E-state index contributed by atoms with van der Waals surface area (Å²) in [7, 11) is 0. The first kappa shape index (κ1) is 21.1. The van der Waals surface area contributed by atoms with Crippen LogP contribution in [-0.4, -0.2) is 0 Å². The molecule has 0 saturated heterocycles. The third kappa shape index (κ3) is 3.32. The lowest BCUT2D eigenvalue weighted by Gasteiger charge is -2.30. The molecule has 0 radical (unpaired) electrons. The Morgan fingerprint density at radius 3 is 1.50 bits per heavy atom. The maximum atomic E-state index is 6.60. The predicted molar refractivity (Wildman–Crippen MR) is 147 cm³/mol. The SMILES string of the molecule is Clc1ccc2oc3ccccc3c(=P(c3ccccc3)(c3ccccc3)c3ccccc3)c2c1. The van der Waals surface area contributed by atoms with Crippen molar-refractivity contribution in [2.45, 2.75) is 0 Å². The van der Waals surface area contributed by atoms with Gasteiger partial charge in [0, 0.05) is 20.7 Å². The molecule has 0 aliphatic carbocycles. The standard InChI is InChI=1S/C31H22ClOP/c32-23-20-21-30-28(22-23)31(27-18-10-11-19-29(27)33-30)34(24-12-4-1-5-13-24,25-14-6-2-7-15-25)26-16-8-3-9-17-26/h1-22H. The van der Waals surface area contributed by atoms with Gasteiger partial charge in [0.25, 0.3) is 0 Å². The van der Waals surface area contributed by atoms with Crippen molar-refractivity contribution in [3.8, 4) is 0 Å². The molecule has 164 valence electrons. The summed E-state index contributed by atoms with van der Waals surface area (Å²) in [5.41, 5.74) is 1.71. The highest BCUT2D eigenvalue weighted by Crippen LogP contribution is 2.51. The van der Waals surface area contributed by atoms with Gasteiger partial charge in [-0.1, -0.05) is 121 Å². The molecule has 34 heavy (non-hydrogen) atoms. The Labute approximate surface area is 203 Å². The molecule has 1 heterocycles. The van der Waals surface area contributed by atoms with E-state index in [2.05, 4.69) is 115 Å². The lowest BCUT2D eigenvalue weighted by atomic mass is 10.1. The van der Waals surface area contributed by atoms with Crippen LogP contribution in [0.2, 0.25) is 5.02 Å². The highest BCUT2D eigenvalue weighted by Gasteiger charge is 2.28. The number of fused-ring (bicyclic) bond motifs is 2. The van der Waals surface area contributed by atoms with Crippen molar-refractivity contribution in [1.29, 1.82) is 0 Å². The van der Waals surface area contributed by atoms with Crippen LogP contribution in [0.1, 0.15) is 0 Å². The van der Waals surface area contributed by atoms with Gasteiger partial charge in [-0.05, 0) is 47.1 Å². The first-order valence-electron chi connectivity index (χ1n) is 11.3. The van der Waals surface area contributed by atoms with Gasteiger partial charge in [-0.3, -0.25) is 0 Å². The van der Waals surface area contributed by atoms with Gasteiger partial charge in [0.2, 0.25) is 0 Å². The quantitative estimate of drug-likeness (QED) is 0.188. The van der Waals surface area contributed by atoms with Crippen LogP contribution in [0.15, 0.2) is 138 Å². The van der Waals surface area contributed by atoms with E-state index in [0.29, 0.717) is 5.02 Å². The van der Waals surface area contributed by atoms with E-state index in [0.717, 1.165) is 21.9 Å². The first-order valence-corrected chi connectivity index (χ1v) is 13.5.